The molecule has 0 bridgehead atoms. The monoisotopic (exact) mass is 409 g/mol. The van der Waals surface area contributed by atoms with E-state index in [1.807, 2.05) is 72.8 Å². The van der Waals surface area contributed by atoms with Gasteiger partial charge in [0.1, 0.15) is 0 Å². The lowest BCUT2D eigenvalue weighted by molar-refractivity contribution is 0.925. The molecule has 0 fully saturated rings. The standard InChI is InChI=1S/C19H12BrN3OS/c20-15-9-5-4-8-14(15)12-16-18(24)23-19(25-16)21-17(22-23)11-10-13-6-2-1-3-7-13/h1-12H. The summed E-state index contributed by atoms with van der Waals surface area (Å²) in [6.45, 7) is 0. The van der Waals surface area contributed by atoms with Gasteiger partial charge >= 0.3 is 0 Å². The van der Waals surface area contributed by atoms with E-state index in [1.54, 1.807) is 0 Å². The van der Waals surface area contributed by atoms with Crippen LogP contribution in [0.5, 0.6) is 0 Å². The van der Waals surface area contributed by atoms with E-state index in [0.29, 0.717) is 15.3 Å². The zero-order chi connectivity index (χ0) is 17.2. The Morgan fingerprint density at radius 3 is 2.52 bits per heavy atom. The van der Waals surface area contributed by atoms with E-state index in [-0.39, 0.29) is 5.56 Å². The van der Waals surface area contributed by atoms with Gasteiger partial charge in [0.25, 0.3) is 5.56 Å². The Bertz CT molecular complexity index is 1180. The molecule has 4 nitrogen and oxygen atoms in total. The van der Waals surface area contributed by atoms with E-state index in [0.717, 1.165) is 15.6 Å². The van der Waals surface area contributed by atoms with Gasteiger partial charge < -0.3 is 0 Å². The van der Waals surface area contributed by atoms with Crippen molar-refractivity contribution in [3.63, 3.8) is 0 Å². The average molecular weight is 410 g/mol. The predicted molar refractivity (Wildman–Crippen MR) is 105 cm³/mol. The zero-order valence-electron chi connectivity index (χ0n) is 13.0. The summed E-state index contributed by atoms with van der Waals surface area (Å²) in [5.74, 6) is 0.527. The highest BCUT2D eigenvalue weighted by molar-refractivity contribution is 9.10. The maximum Gasteiger partial charge on any atom is 0.291 e. The van der Waals surface area contributed by atoms with Crippen molar-refractivity contribution in [1.82, 2.24) is 14.6 Å². The van der Waals surface area contributed by atoms with Crippen LogP contribution in [0.25, 0.3) is 23.2 Å². The Hall–Kier alpha value is -2.57. The van der Waals surface area contributed by atoms with Gasteiger partial charge in [-0.2, -0.15) is 9.50 Å². The second kappa shape index (κ2) is 6.74. The van der Waals surface area contributed by atoms with Crippen LogP contribution in [0.2, 0.25) is 0 Å². The summed E-state index contributed by atoms with van der Waals surface area (Å²) in [4.78, 5) is 17.6. The predicted octanol–water partition coefficient (Wildman–Crippen LogP) is 3.63. The number of nitrogens with zero attached hydrogens (tertiary/aromatic N) is 3. The molecule has 0 amide bonds. The Morgan fingerprint density at radius 1 is 1.00 bits per heavy atom. The Kier molecular flexibility index (Phi) is 4.29. The third-order valence-corrected chi connectivity index (χ3v) is 5.30. The third-order valence-electron chi connectivity index (χ3n) is 3.61. The normalized spacial score (nSPS) is 12.4. The number of fused-ring (bicyclic) bond motifs is 1. The molecule has 0 N–H and O–H groups in total. The summed E-state index contributed by atoms with van der Waals surface area (Å²) in [6.07, 6.45) is 5.59. The number of thiazole rings is 1. The molecule has 0 radical (unpaired) electrons. The van der Waals surface area contributed by atoms with E-state index in [9.17, 15) is 4.79 Å². The van der Waals surface area contributed by atoms with Crippen LogP contribution in [-0.2, 0) is 0 Å². The van der Waals surface area contributed by atoms with Gasteiger partial charge in [0.2, 0.25) is 4.96 Å². The molecule has 0 saturated carbocycles. The highest BCUT2D eigenvalue weighted by Crippen LogP contribution is 2.16. The minimum atomic E-state index is -0.150. The molecule has 6 heteroatoms. The molecule has 0 aliphatic heterocycles. The Morgan fingerprint density at radius 2 is 1.76 bits per heavy atom. The van der Waals surface area contributed by atoms with Gasteiger partial charge in [-0.15, -0.1) is 5.10 Å². The minimum Gasteiger partial charge on any atom is -0.266 e. The van der Waals surface area contributed by atoms with Crippen LogP contribution in [0.3, 0.4) is 0 Å². The number of hydrogen-bond acceptors (Lipinski definition) is 4. The van der Waals surface area contributed by atoms with Crippen LogP contribution in [0.15, 0.2) is 63.9 Å². The van der Waals surface area contributed by atoms with Crippen LogP contribution in [0.1, 0.15) is 17.0 Å². The fourth-order valence-corrected chi connectivity index (χ4v) is 3.69. The molecule has 4 rings (SSSR count). The van der Waals surface area contributed by atoms with Crippen molar-refractivity contribution in [3.05, 3.63) is 90.9 Å². The fraction of sp³-hybridized carbons (Fsp3) is 0. The van der Waals surface area contributed by atoms with E-state index in [2.05, 4.69) is 26.0 Å². The SMILES string of the molecule is O=c1c(=Cc2ccccc2Br)sc2nc(C=Cc3ccccc3)nn12. The zero-order valence-corrected chi connectivity index (χ0v) is 15.4. The number of aromatic nitrogens is 3. The van der Waals surface area contributed by atoms with Crippen LogP contribution in [0, 0.1) is 0 Å². The van der Waals surface area contributed by atoms with Gasteiger partial charge in [0.15, 0.2) is 5.82 Å². The van der Waals surface area contributed by atoms with E-state index in [1.165, 1.54) is 15.9 Å². The smallest absolute Gasteiger partial charge is 0.266 e. The van der Waals surface area contributed by atoms with Gasteiger partial charge in [0.05, 0.1) is 4.53 Å². The number of hydrogen-bond donors (Lipinski definition) is 0. The van der Waals surface area contributed by atoms with Gasteiger partial charge in [-0.25, -0.2) is 0 Å². The van der Waals surface area contributed by atoms with Crippen molar-refractivity contribution in [1.29, 1.82) is 0 Å². The quantitative estimate of drug-likeness (QED) is 0.518. The van der Waals surface area contributed by atoms with Crippen molar-refractivity contribution in [2.24, 2.45) is 0 Å². The Labute approximate surface area is 155 Å². The van der Waals surface area contributed by atoms with Crippen molar-refractivity contribution in [2.75, 3.05) is 0 Å². The van der Waals surface area contributed by atoms with Crippen molar-refractivity contribution < 1.29 is 0 Å². The van der Waals surface area contributed by atoms with Crippen LogP contribution in [-0.4, -0.2) is 14.6 Å². The molecule has 0 atom stereocenters. The second-order valence-electron chi connectivity index (χ2n) is 5.35. The fourth-order valence-electron chi connectivity index (χ4n) is 2.39. The topological polar surface area (TPSA) is 47.3 Å². The van der Waals surface area contributed by atoms with Crippen LogP contribution in [0.4, 0.5) is 0 Å². The van der Waals surface area contributed by atoms with Crippen molar-refractivity contribution in [3.8, 4) is 0 Å². The lowest BCUT2D eigenvalue weighted by atomic mass is 10.2. The average Bonchev–Trinajstić information content (AvgIpc) is 3.15. The summed E-state index contributed by atoms with van der Waals surface area (Å²) < 4.78 is 2.92. The lowest BCUT2D eigenvalue weighted by Crippen LogP contribution is -2.23. The molecule has 4 aromatic rings. The molecule has 0 unspecified atom stereocenters. The third kappa shape index (κ3) is 3.31. The maximum absolute atomic E-state index is 12.5. The molecule has 0 aliphatic rings. The molecule has 0 aliphatic carbocycles. The van der Waals surface area contributed by atoms with E-state index in [4.69, 9.17) is 0 Å². The van der Waals surface area contributed by atoms with Gasteiger partial charge in [0, 0.05) is 4.47 Å². The highest BCUT2D eigenvalue weighted by atomic mass is 79.9. The van der Waals surface area contributed by atoms with E-state index < -0.39 is 0 Å². The molecular formula is C19H12BrN3OS. The summed E-state index contributed by atoms with van der Waals surface area (Å²) in [5, 5.41) is 4.30. The first kappa shape index (κ1) is 15.9. The van der Waals surface area contributed by atoms with Gasteiger partial charge in [-0.1, -0.05) is 81.9 Å². The molecule has 0 saturated heterocycles. The Balaban J connectivity index is 1.71. The van der Waals surface area contributed by atoms with Crippen molar-refractivity contribution >= 4 is 50.5 Å². The number of rotatable bonds is 3. The summed E-state index contributed by atoms with van der Waals surface area (Å²) >= 11 is 4.83. The summed E-state index contributed by atoms with van der Waals surface area (Å²) in [5.41, 5.74) is 1.86. The summed E-state index contributed by atoms with van der Waals surface area (Å²) in [6, 6.07) is 17.7. The van der Waals surface area contributed by atoms with Gasteiger partial charge in [-0.05, 0) is 29.3 Å². The number of benzene rings is 2. The first-order valence-corrected chi connectivity index (χ1v) is 9.20. The molecular weight excluding hydrogens is 398 g/mol. The lowest BCUT2D eigenvalue weighted by Gasteiger charge is -1.94. The first-order valence-electron chi connectivity index (χ1n) is 7.60. The van der Waals surface area contributed by atoms with E-state index >= 15 is 0 Å². The molecule has 2 aromatic heterocycles. The van der Waals surface area contributed by atoms with Gasteiger partial charge in [-0.3, -0.25) is 4.79 Å². The number of halogens is 1. The second-order valence-corrected chi connectivity index (χ2v) is 7.21. The minimum absolute atomic E-state index is 0.150. The molecule has 0 spiro atoms. The largest absolute Gasteiger partial charge is 0.291 e. The first-order chi connectivity index (χ1) is 12.2. The van der Waals surface area contributed by atoms with Crippen molar-refractivity contribution in [2.45, 2.75) is 0 Å². The van der Waals surface area contributed by atoms with Crippen LogP contribution >= 0.6 is 27.3 Å². The maximum atomic E-state index is 12.5. The highest BCUT2D eigenvalue weighted by Gasteiger charge is 2.09. The molecule has 25 heavy (non-hydrogen) atoms. The van der Waals surface area contributed by atoms with Crippen LogP contribution < -0.4 is 10.1 Å². The summed E-state index contributed by atoms with van der Waals surface area (Å²) in [7, 11) is 0. The molecule has 122 valence electrons. The molecule has 2 heterocycles. The molecule has 2 aromatic carbocycles.